The van der Waals surface area contributed by atoms with E-state index in [0.717, 1.165) is 38.7 Å². The summed E-state index contributed by atoms with van der Waals surface area (Å²) in [5.41, 5.74) is 8.82. The maximum atomic E-state index is 5.01. The van der Waals surface area contributed by atoms with Crippen LogP contribution in [-0.4, -0.2) is 19.1 Å². The second kappa shape index (κ2) is 8.79. The summed E-state index contributed by atoms with van der Waals surface area (Å²) >= 11 is 1.74. The molecule has 0 amide bonds. The number of fused-ring (bicyclic) bond motifs is 4. The number of nitrogens with zero attached hydrogens (tertiary/aromatic N) is 4. The third-order valence-corrected chi connectivity index (χ3v) is 8.33. The van der Waals surface area contributed by atoms with Crippen molar-refractivity contribution in [1.82, 2.24) is 19.1 Å². The van der Waals surface area contributed by atoms with Gasteiger partial charge in [0.25, 0.3) is 0 Å². The van der Waals surface area contributed by atoms with Crippen molar-refractivity contribution in [2.24, 2.45) is 0 Å². The van der Waals surface area contributed by atoms with Crippen LogP contribution in [0.15, 0.2) is 134 Å². The van der Waals surface area contributed by atoms with E-state index in [0.29, 0.717) is 0 Å². The SMILES string of the molecule is c1ccc(-c2cccc(-n3c4ccccc4c4ccc(-c5nc6ccc(-n7cccc7)cc6s5)cc43)c2)nc1. The molecule has 0 saturated heterocycles. The fourth-order valence-electron chi connectivity index (χ4n) is 5.42. The van der Waals surface area contributed by atoms with Gasteiger partial charge in [0, 0.05) is 51.9 Å². The normalized spacial score (nSPS) is 11.6. The minimum absolute atomic E-state index is 0.967. The fourth-order valence-corrected chi connectivity index (χ4v) is 6.42. The van der Waals surface area contributed by atoms with Crippen LogP contribution in [0.3, 0.4) is 0 Å². The van der Waals surface area contributed by atoms with E-state index in [1.165, 1.54) is 26.5 Å². The molecule has 39 heavy (non-hydrogen) atoms. The third kappa shape index (κ3) is 3.67. The molecule has 8 aromatic rings. The van der Waals surface area contributed by atoms with E-state index in [2.05, 4.69) is 118 Å². The minimum Gasteiger partial charge on any atom is -0.324 e. The Morgan fingerprint density at radius 2 is 1.46 bits per heavy atom. The molecule has 4 aromatic carbocycles. The maximum absolute atomic E-state index is 5.01. The summed E-state index contributed by atoms with van der Waals surface area (Å²) in [6, 6.07) is 40.6. The van der Waals surface area contributed by atoms with Crippen LogP contribution in [0.2, 0.25) is 0 Å². The molecule has 0 aliphatic carbocycles. The van der Waals surface area contributed by atoms with E-state index >= 15 is 0 Å². The van der Waals surface area contributed by atoms with Crippen molar-refractivity contribution in [3.63, 3.8) is 0 Å². The van der Waals surface area contributed by atoms with E-state index in [4.69, 9.17) is 4.98 Å². The molecule has 4 heterocycles. The number of hydrogen-bond acceptors (Lipinski definition) is 3. The lowest BCUT2D eigenvalue weighted by Crippen LogP contribution is -1.95. The number of aromatic nitrogens is 4. The molecule has 0 radical (unpaired) electrons. The summed E-state index contributed by atoms with van der Waals surface area (Å²) in [7, 11) is 0. The average molecular weight is 519 g/mol. The molecule has 8 rings (SSSR count). The minimum atomic E-state index is 0.967. The van der Waals surface area contributed by atoms with Crippen molar-refractivity contribution in [1.29, 1.82) is 0 Å². The number of benzene rings is 4. The average Bonchev–Trinajstić information content (AvgIpc) is 3.75. The van der Waals surface area contributed by atoms with Gasteiger partial charge < -0.3 is 9.13 Å². The lowest BCUT2D eigenvalue weighted by Gasteiger charge is -2.10. The highest BCUT2D eigenvalue weighted by Crippen LogP contribution is 2.37. The fraction of sp³-hybridized carbons (Fsp3) is 0. The molecule has 0 fully saturated rings. The zero-order valence-corrected chi connectivity index (χ0v) is 21.7. The molecular formula is C34H22N4S. The first-order chi connectivity index (χ1) is 19.3. The zero-order chi connectivity index (χ0) is 25.8. The largest absolute Gasteiger partial charge is 0.324 e. The van der Waals surface area contributed by atoms with Crippen LogP contribution in [-0.2, 0) is 0 Å². The van der Waals surface area contributed by atoms with Crippen molar-refractivity contribution in [3.05, 3.63) is 134 Å². The number of thiazole rings is 1. The van der Waals surface area contributed by atoms with Crippen molar-refractivity contribution < 1.29 is 0 Å². The van der Waals surface area contributed by atoms with Gasteiger partial charge in [-0.3, -0.25) is 4.98 Å². The van der Waals surface area contributed by atoms with Crippen LogP contribution >= 0.6 is 11.3 Å². The highest BCUT2D eigenvalue weighted by Gasteiger charge is 2.15. The van der Waals surface area contributed by atoms with Gasteiger partial charge in [-0.1, -0.05) is 48.5 Å². The van der Waals surface area contributed by atoms with E-state index in [1.54, 1.807) is 11.3 Å². The molecule has 4 nitrogen and oxygen atoms in total. The molecule has 0 spiro atoms. The van der Waals surface area contributed by atoms with Gasteiger partial charge in [0.05, 0.1) is 26.9 Å². The van der Waals surface area contributed by atoms with Crippen LogP contribution in [0.5, 0.6) is 0 Å². The van der Waals surface area contributed by atoms with Gasteiger partial charge >= 0.3 is 0 Å². The van der Waals surface area contributed by atoms with Crippen LogP contribution < -0.4 is 0 Å². The highest BCUT2D eigenvalue weighted by atomic mass is 32.1. The smallest absolute Gasteiger partial charge is 0.124 e. The highest BCUT2D eigenvalue weighted by molar-refractivity contribution is 7.21. The van der Waals surface area contributed by atoms with Gasteiger partial charge in [-0.05, 0) is 66.7 Å². The van der Waals surface area contributed by atoms with E-state index in [9.17, 15) is 0 Å². The Morgan fingerprint density at radius 3 is 2.36 bits per heavy atom. The predicted molar refractivity (Wildman–Crippen MR) is 162 cm³/mol. The third-order valence-electron chi connectivity index (χ3n) is 7.26. The number of para-hydroxylation sites is 1. The second-order valence-electron chi connectivity index (χ2n) is 9.61. The molecule has 0 N–H and O–H groups in total. The molecule has 5 heteroatoms. The molecular weight excluding hydrogens is 496 g/mol. The van der Waals surface area contributed by atoms with Gasteiger partial charge in [-0.25, -0.2) is 4.98 Å². The standard InChI is InChI=1S/C34H22N4S/c1-2-12-31-27(10-1)28-15-13-24(34-36-30-16-14-25(22-33(30)39-34)37-18-5-6-19-37)21-32(28)38(31)26-9-7-8-23(20-26)29-11-3-4-17-35-29/h1-22H. The molecule has 0 saturated carbocycles. The number of rotatable bonds is 4. The van der Waals surface area contributed by atoms with Crippen LogP contribution in [0.25, 0.3) is 65.2 Å². The van der Waals surface area contributed by atoms with E-state index in [1.807, 2.05) is 30.5 Å². The number of hydrogen-bond donors (Lipinski definition) is 0. The van der Waals surface area contributed by atoms with Gasteiger partial charge in [-0.2, -0.15) is 0 Å². The second-order valence-corrected chi connectivity index (χ2v) is 10.6. The molecule has 184 valence electrons. The molecule has 0 unspecified atom stereocenters. The van der Waals surface area contributed by atoms with Crippen molar-refractivity contribution in [2.75, 3.05) is 0 Å². The zero-order valence-electron chi connectivity index (χ0n) is 20.9. The summed E-state index contributed by atoms with van der Waals surface area (Å²) in [5.74, 6) is 0. The van der Waals surface area contributed by atoms with Crippen molar-refractivity contribution in [2.45, 2.75) is 0 Å². The van der Waals surface area contributed by atoms with Crippen LogP contribution in [0.1, 0.15) is 0 Å². The van der Waals surface area contributed by atoms with E-state index in [-0.39, 0.29) is 0 Å². The van der Waals surface area contributed by atoms with Gasteiger partial charge in [-0.15, -0.1) is 11.3 Å². The molecule has 0 aliphatic rings. The molecule has 0 aliphatic heterocycles. The maximum Gasteiger partial charge on any atom is 0.124 e. The Bertz CT molecular complexity index is 2120. The molecule has 4 aromatic heterocycles. The quantitative estimate of drug-likeness (QED) is 0.233. The predicted octanol–water partition coefficient (Wildman–Crippen LogP) is 8.91. The summed E-state index contributed by atoms with van der Waals surface area (Å²) in [6.45, 7) is 0. The van der Waals surface area contributed by atoms with Gasteiger partial charge in [0.2, 0.25) is 0 Å². The Morgan fingerprint density at radius 1 is 0.590 bits per heavy atom. The first-order valence-electron chi connectivity index (χ1n) is 12.9. The Kier molecular flexibility index (Phi) is 4.96. The monoisotopic (exact) mass is 518 g/mol. The van der Waals surface area contributed by atoms with Gasteiger partial charge in [0.15, 0.2) is 0 Å². The summed E-state index contributed by atoms with van der Waals surface area (Å²) in [4.78, 5) is 9.59. The summed E-state index contributed by atoms with van der Waals surface area (Å²) in [6.07, 6.45) is 5.98. The molecule has 0 atom stereocenters. The van der Waals surface area contributed by atoms with Crippen molar-refractivity contribution in [3.8, 4) is 33.2 Å². The summed E-state index contributed by atoms with van der Waals surface area (Å²) in [5, 5.41) is 3.49. The summed E-state index contributed by atoms with van der Waals surface area (Å²) < 4.78 is 5.67. The van der Waals surface area contributed by atoms with Crippen molar-refractivity contribution >= 4 is 43.4 Å². The van der Waals surface area contributed by atoms with E-state index < -0.39 is 0 Å². The Balaban J connectivity index is 1.31. The lowest BCUT2D eigenvalue weighted by molar-refractivity contribution is 1.08. The van der Waals surface area contributed by atoms with Gasteiger partial charge in [0.1, 0.15) is 5.01 Å². The molecule has 0 bridgehead atoms. The number of pyridine rings is 1. The first kappa shape index (κ1) is 22.0. The van der Waals surface area contributed by atoms with Crippen LogP contribution in [0.4, 0.5) is 0 Å². The lowest BCUT2D eigenvalue weighted by atomic mass is 10.1. The van der Waals surface area contributed by atoms with Crippen LogP contribution in [0, 0.1) is 0 Å². The Labute approximate surface area is 229 Å². The first-order valence-corrected chi connectivity index (χ1v) is 13.7. The Hall–Kier alpha value is -5.00. The topological polar surface area (TPSA) is 35.6 Å².